The first-order valence-corrected chi connectivity index (χ1v) is 9.04. The van der Waals surface area contributed by atoms with Gasteiger partial charge in [0, 0.05) is 11.4 Å². The van der Waals surface area contributed by atoms with Gasteiger partial charge in [0.15, 0.2) is 0 Å². The molecule has 2 fully saturated rings. The fraction of sp³-hybridized carbons (Fsp3) is 0.706. The zero-order valence-electron chi connectivity index (χ0n) is 13.2. The standard InChI is InChI=1S/C17H26N2OS/c1-11(2)15-17(20)19(10-13-7-6-12(3)9-13)16(18-15)14-5-4-8-21-14/h4-5,8,11-13,15-16,18H,6-7,9-10H2,1-3H3. The number of nitrogens with one attached hydrogen (secondary N) is 1. The number of rotatable bonds is 4. The van der Waals surface area contributed by atoms with E-state index in [1.165, 1.54) is 24.1 Å². The average Bonchev–Trinajstić information content (AvgIpc) is 3.13. The molecule has 1 saturated carbocycles. The normalized spacial score (nSPS) is 33.3. The second-order valence-electron chi connectivity index (χ2n) is 7.08. The smallest absolute Gasteiger partial charge is 0.241 e. The van der Waals surface area contributed by atoms with Crippen molar-refractivity contribution in [2.24, 2.45) is 17.8 Å². The minimum atomic E-state index is -0.0315. The summed E-state index contributed by atoms with van der Waals surface area (Å²) in [5.74, 6) is 2.14. The molecule has 4 heteroatoms. The van der Waals surface area contributed by atoms with E-state index >= 15 is 0 Å². The van der Waals surface area contributed by atoms with Gasteiger partial charge in [0.1, 0.15) is 6.17 Å². The van der Waals surface area contributed by atoms with Gasteiger partial charge in [-0.25, -0.2) is 0 Å². The van der Waals surface area contributed by atoms with Crippen LogP contribution >= 0.6 is 11.3 Å². The molecule has 1 aliphatic carbocycles. The Balaban J connectivity index is 1.78. The first-order chi connectivity index (χ1) is 10.1. The summed E-state index contributed by atoms with van der Waals surface area (Å²) in [6.07, 6.45) is 3.94. The number of hydrogen-bond donors (Lipinski definition) is 1. The van der Waals surface area contributed by atoms with Gasteiger partial charge in [-0.3, -0.25) is 10.1 Å². The Bertz CT molecular complexity index is 485. The molecule has 3 rings (SSSR count). The zero-order valence-corrected chi connectivity index (χ0v) is 14.0. The summed E-state index contributed by atoms with van der Waals surface area (Å²) >= 11 is 1.74. The molecule has 21 heavy (non-hydrogen) atoms. The Morgan fingerprint density at radius 1 is 1.43 bits per heavy atom. The Labute approximate surface area is 131 Å². The molecule has 1 aromatic rings. The lowest BCUT2D eigenvalue weighted by Gasteiger charge is -2.26. The van der Waals surface area contributed by atoms with E-state index in [2.05, 4.69) is 48.5 Å². The molecule has 116 valence electrons. The van der Waals surface area contributed by atoms with Crippen molar-refractivity contribution in [1.82, 2.24) is 10.2 Å². The summed E-state index contributed by atoms with van der Waals surface area (Å²) in [4.78, 5) is 16.2. The molecular formula is C17H26N2OS. The van der Waals surface area contributed by atoms with Crippen LogP contribution in [0.3, 0.4) is 0 Å². The summed E-state index contributed by atoms with van der Waals surface area (Å²) in [6, 6.07) is 4.18. The molecule has 1 N–H and O–H groups in total. The average molecular weight is 306 g/mol. The fourth-order valence-electron chi connectivity index (χ4n) is 3.76. The molecule has 0 spiro atoms. The van der Waals surface area contributed by atoms with E-state index < -0.39 is 0 Å². The van der Waals surface area contributed by atoms with Crippen LogP contribution in [-0.4, -0.2) is 23.4 Å². The maximum absolute atomic E-state index is 12.8. The molecule has 1 aliphatic heterocycles. The van der Waals surface area contributed by atoms with Gasteiger partial charge in [0.25, 0.3) is 0 Å². The van der Waals surface area contributed by atoms with Crippen molar-refractivity contribution < 1.29 is 4.79 Å². The number of thiophene rings is 1. The van der Waals surface area contributed by atoms with Crippen molar-refractivity contribution in [3.8, 4) is 0 Å². The van der Waals surface area contributed by atoms with Gasteiger partial charge in [0.05, 0.1) is 6.04 Å². The fourth-order valence-corrected chi connectivity index (χ4v) is 4.56. The van der Waals surface area contributed by atoms with Crippen LogP contribution in [0.15, 0.2) is 17.5 Å². The SMILES string of the molecule is CC1CCC(CN2C(=O)C(C(C)C)NC2c2cccs2)C1. The van der Waals surface area contributed by atoms with Crippen LogP contribution in [0.4, 0.5) is 0 Å². The first-order valence-electron chi connectivity index (χ1n) is 8.16. The molecule has 0 aromatic carbocycles. The van der Waals surface area contributed by atoms with E-state index in [0.29, 0.717) is 17.7 Å². The van der Waals surface area contributed by atoms with E-state index in [9.17, 15) is 4.79 Å². The van der Waals surface area contributed by atoms with E-state index in [-0.39, 0.29) is 12.2 Å². The van der Waals surface area contributed by atoms with Gasteiger partial charge >= 0.3 is 0 Å². The van der Waals surface area contributed by atoms with Crippen LogP contribution in [0.2, 0.25) is 0 Å². The number of nitrogens with zero attached hydrogens (tertiary/aromatic N) is 1. The third-order valence-corrected chi connectivity index (χ3v) is 5.86. The van der Waals surface area contributed by atoms with Gasteiger partial charge in [-0.15, -0.1) is 11.3 Å². The summed E-state index contributed by atoms with van der Waals surface area (Å²) in [5.41, 5.74) is 0. The minimum absolute atomic E-state index is 0.0315. The van der Waals surface area contributed by atoms with Gasteiger partial charge in [-0.1, -0.05) is 33.3 Å². The van der Waals surface area contributed by atoms with Gasteiger partial charge in [-0.2, -0.15) is 0 Å². The van der Waals surface area contributed by atoms with Crippen molar-refractivity contribution in [3.05, 3.63) is 22.4 Å². The quantitative estimate of drug-likeness (QED) is 0.921. The van der Waals surface area contributed by atoms with Crippen LogP contribution in [0, 0.1) is 17.8 Å². The number of carbonyl (C=O) groups is 1. The molecule has 4 atom stereocenters. The molecule has 2 heterocycles. The second kappa shape index (κ2) is 6.09. The Morgan fingerprint density at radius 2 is 2.24 bits per heavy atom. The lowest BCUT2D eigenvalue weighted by Crippen LogP contribution is -2.36. The van der Waals surface area contributed by atoms with Crippen molar-refractivity contribution >= 4 is 17.2 Å². The summed E-state index contributed by atoms with van der Waals surface area (Å²) in [7, 11) is 0. The summed E-state index contributed by atoms with van der Waals surface area (Å²) in [5, 5.41) is 5.66. The molecular weight excluding hydrogens is 280 g/mol. The molecule has 2 aliphatic rings. The summed E-state index contributed by atoms with van der Waals surface area (Å²) in [6.45, 7) is 7.50. The largest absolute Gasteiger partial charge is 0.320 e. The third-order valence-electron chi connectivity index (χ3n) is 4.94. The molecule has 4 unspecified atom stereocenters. The van der Waals surface area contributed by atoms with Crippen molar-refractivity contribution in [2.75, 3.05) is 6.54 Å². The van der Waals surface area contributed by atoms with Crippen LogP contribution in [0.25, 0.3) is 0 Å². The van der Waals surface area contributed by atoms with Gasteiger partial charge < -0.3 is 4.90 Å². The number of hydrogen-bond acceptors (Lipinski definition) is 3. The third kappa shape index (κ3) is 3.02. The van der Waals surface area contributed by atoms with E-state index in [4.69, 9.17) is 0 Å². The van der Waals surface area contributed by atoms with Gasteiger partial charge in [0.2, 0.25) is 5.91 Å². The van der Waals surface area contributed by atoms with Crippen molar-refractivity contribution in [2.45, 2.75) is 52.2 Å². The first kappa shape index (κ1) is 15.0. The second-order valence-corrected chi connectivity index (χ2v) is 8.06. The lowest BCUT2D eigenvalue weighted by molar-refractivity contribution is -0.131. The Hall–Kier alpha value is -0.870. The number of carbonyl (C=O) groups excluding carboxylic acids is 1. The highest BCUT2D eigenvalue weighted by Gasteiger charge is 2.42. The predicted octanol–water partition coefficient (Wildman–Crippen LogP) is 3.64. The summed E-state index contributed by atoms with van der Waals surface area (Å²) < 4.78 is 0. The molecule has 1 aromatic heterocycles. The van der Waals surface area contributed by atoms with E-state index in [0.717, 1.165) is 12.5 Å². The number of amides is 1. The molecule has 1 saturated heterocycles. The molecule has 0 radical (unpaired) electrons. The minimum Gasteiger partial charge on any atom is -0.320 e. The molecule has 3 nitrogen and oxygen atoms in total. The maximum Gasteiger partial charge on any atom is 0.241 e. The van der Waals surface area contributed by atoms with Crippen molar-refractivity contribution in [3.63, 3.8) is 0 Å². The van der Waals surface area contributed by atoms with Crippen LogP contribution < -0.4 is 5.32 Å². The Morgan fingerprint density at radius 3 is 2.81 bits per heavy atom. The highest BCUT2D eigenvalue weighted by molar-refractivity contribution is 7.10. The van der Waals surface area contributed by atoms with Crippen LogP contribution in [0.1, 0.15) is 51.1 Å². The van der Waals surface area contributed by atoms with Crippen LogP contribution in [0.5, 0.6) is 0 Å². The van der Waals surface area contributed by atoms with Gasteiger partial charge in [-0.05, 0) is 42.0 Å². The van der Waals surface area contributed by atoms with Crippen molar-refractivity contribution in [1.29, 1.82) is 0 Å². The van der Waals surface area contributed by atoms with E-state index in [1.807, 2.05) is 0 Å². The highest BCUT2D eigenvalue weighted by Crippen LogP contribution is 2.36. The highest BCUT2D eigenvalue weighted by atomic mass is 32.1. The van der Waals surface area contributed by atoms with E-state index in [1.54, 1.807) is 11.3 Å². The molecule has 1 amide bonds. The molecule has 0 bridgehead atoms. The predicted molar refractivity (Wildman–Crippen MR) is 87.0 cm³/mol. The van der Waals surface area contributed by atoms with Crippen LogP contribution in [-0.2, 0) is 4.79 Å². The maximum atomic E-state index is 12.8. The zero-order chi connectivity index (χ0) is 15.0. The lowest BCUT2D eigenvalue weighted by atomic mass is 10.0. The monoisotopic (exact) mass is 306 g/mol. The topological polar surface area (TPSA) is 32.3 Å². The Kier molecular flexibility index (Phi) is 4.36.